The molecule has 0 bridgehead atoms. The number of benzene rings is 2. The van der Waals surface area contributed by atoms with Crippen LogP contribution in [0.2, 0.25) is 0 Å². The van der Waals surface area contributed by atoms with Gasteiger partial charge < -0.3 is 20.6 Å². The lowest BCUT2D eigenvalue weighted by atomic mass is 9.93. The Morgan fingerprint density at radius 3 is 2.29 bits per heavy atom. The van der Waals surface area contributed by atoms with Crippen molar-refractivity contribution < 1.29 is 19.7 Å². The standard InChI is InChI=1S/C18H13FN2O3/c19-12-4-1-10(2-5-12)15-8-13(14(9-20)18(24)21-15)11-3-6-16(22)17(23)7-11/h1-8,18,21-24H. The molecule has 1 heterocycles. The second-order valence-electron chi connectivity index (χ2n) is 5.25. The van der Waals surface area contributed by atoms with Gasteiger partial charge in [-0.15, -0.1) is 0 Å². The molecule has 1 aliphatic heterocycles. The van der Waals surface area contributed by atoms with Crippen LogP contribution in [0.15, 0.2) is 54.1 Å². The van der Waals surface area contributed by atoms with Crippen molar-refractivity contribution in [3.63, 3.8) is 0 Å². The van der Waals surface area contributed by atoms with Gasteiger partial charge in [0.25, 0.3) is 0 Å². The highest BCUT2D eigenvalue weighted by molar-refractivity contribution is 5.89. The van der Waals surface area contributed by atoms with Crippen molar-refractivity contribution in [3.8, 4) is 17.6 Å². The minimum atomic E-state index is -1.24. The SMILES string of the molecule is N#CC1=C(c2ccc(O)c(O)c2)C=C(c2ccc(F)cc2)NC1O. The molecule has 3 rings (SSSR count). The van der Waals surface area contributed by atoms with Crippen LogP contribution in [-0.2, 0) is 0 Å². The summed E-state index contributed by atoms with van der Waals surface area (Å²) in [5.74, 6) is -0.996. The van der Waals surface area contributed by atoms with Gasteiger partial charge in [-0.2, -0.15) is 5.26 Å². The van der Waals surface area contributed by atoms with Crippen molar-refractivity contribution in [3.05, 3.63) is 71.1 Å². The molecule has 1 atom stereocenters. The molecule has 0 saturated carbocycles. The lowest BCUT2D eigenvalue weighted by Gasteiger charge is -2.24. The van der Waals surface area contributed by atoms with Crippen LogP contribution < -0.4 is 5.32 Å². The number of rotatable bonds is 2. The molecule has 0 saturated heterocycles. The highest BCUT2D eigenvalue weighted by atomic mass is 19.1. The fourth-order valence-electron chi connectivity index (χ4n) is 2.48. The van der Waals surface area contributed by atoms with Gasteiger partial charge in [0, 0.05) is 11.3 Å². The number of aliphatic hydroxyl groups excluding tert-OH is 1. The second-order valence-corrected chi connectivity index (χ2v) is 5.25. The number of nitrogens with zero attached hydrogens (tertiary/aromatic N) is 1. The Morgan fingerprint density at radius 1 is 1.00 bits per heavy atom. The van der Waals surface area contributed by atoms with Crippen LogP contribution in [0.4, 0.5) is 4.39 Å². The maximum atomic E-state index is 13.1. The van der Waals surface area contributed by atoms with Crippen LogP contribution in [0.25, 0.3) is 11.3 Å². The monoisotopic (exact) mass is 324 g/mol. The molecule has 2 aromatic rings. The molecular weight excluding hydrogens is 311 g/mol. The molecule has 2 aromatic carbocycles. The van der Waals surface area contributed by atoms with E-state index in [1.165, 1.54) is 30.3 Å². The van der Waals surface area contributed by atoms with E-state index in [0.29, 0.717) is 22.4 Å². The smallest absolute Gasteiger partial charge is 0.161 e. The number of hydrogen-bond acceptors (Lipinski definition) is 5. The third kappa shape index (κ3) is 2.81. The zero-order valence-electron chi connectivity index (χ0n) is 12.4. The minimum Gasteiger partial charge on any atom is -0.504 e. The summed E-state index contributed by atoms with van der Waals surface area (Å²) in [4.78, 5) is 0. The van der Waals surface area contributed by atoms with Crippen molar-refractivity contribution in [1.29, 1.82) is 5.26 Å². The van der Waals surface area contributed by atoms with Crippen molar-refractivity contribution in [2.75, 3.05) is 0 Å². The van der Waals surface area contributed by atoms with E-state index in [4.69, 9.17) is 0 Å². The molecule has 6 heteroatoms. The first kappa shape index (κ1) is 15.6. The average molecular weight is 324 g/mol. The number of aromatic hydroxyl groups is 2. The van der Waals surface area contributed by atoms with Gasteiger partial charge in [0.15, 0.2) is 17.7 Å². The Bertz CT molecular complexity index is 895. The zero-order valence-corrected chi connectivity index (χ0v) is 12.4. The Morgan fingerprint density at radius 2 is 1.67 bits per heavy atom. The zero-order chi connectivity index (χ0) is 17.3. The molecule has 24 heavy (non-hydrogen) atoms. The van der Waals surface area contributed by atoms with Crippen molar-refractivity contribution in [2.24, 2.45) is 0 Å². The second kappa shape index (κ2) is 6.07. The van der Waals surface area contributed by atoms with Crippen molar-refractivity contribution in [2.45, 2.75) is 6.23 Å². The van der Waals surface area contributed by atoms with Gasteiger partial charge in [0.2, 0.25) is 0 Å². The summed E-state index contributed by atoms with van der Waals surface area (Å²) in [6.45, 7) is 0. The molecule has 5 nitrogen and oxygen atoms in total. The van der Waals surface area contributed by atoms with Crippen LogP contribution in [0.5, 0.6) is 11.5 Å². The third-order valence-electron chi connectivity index (χ3n) is 3.71. The summed E-state index contributed by atoms with van der Waals surface area (Å²) in [6, 6.07) is 11.7. The van der Waals surface area contributed by atoms with Crippen LogP contribution in [0, 0.1) is 17.1 Å². The highest BCUT2D eigenvalue weighted by Gasteiger charge is 2.23. The summed E-state index contributed by atoms with van der Waals surface area (Å²) in [7, 11) is 0. The summed E-state index contributed by atoms with van der Waals surface area (Å²) >= 11 is 0. The van der Waals surface area contributed by atoms with Gasteiger partial charge >= 0.3 is 0 Å². The van der Waals surface area contributed by atoms with E-state index in [9.17, 15) is 25.0 Å². The third-order valence-corrected chi connectivity index (χ3v) is 3.71. The normalized spacial score (nSPS) is 17.0. The molecule has 1 aliphatic rings. The lowest BCUT2D eigenvalue weighted by molar-refractivity contribution is 0.197. The van der Waals surface area contributed by atoms with Crippen LogP contribution in [0.3, 0.4) is 0 Å². The minimum absolute atomic E-state index is 0.0750. The summed E-state index contributed by atoms with van der Waals surface area (Å²) in [5.41, 5.74) is 2.07. The lowest BCUT2D eigenvalue weighted by Crippen LogP contribution is -2.32. The molecule has 120 valence electrons. The molecule has 4 N–H and O–H groups in total. The maximum Gasteiger partial charge on any atom is 0.161 e. The highest BCUT2D eigenvalue weighted by Crippen LogP contribution is 2.34. The number of dihydropyridines is 1. The number of phenols is 2. The number of aliphatic hydroxyl groups is 1. The Hall–Kier alpha value is -3.30. The maximum absolute atomic E-state index is 13.1. The molecule has 0 radical (unpaired) electrons. The predicted octanol–water partition coefficient (Wildman–Crippen LogP) is 2.48. The number of nitrogens with one attached hydrogen (secondary N) is 1. The van der Waals surface area contributed by atoms with E-state index in [1.807, 2.05) is 6.07 Å². The average Bonchev–Trinajstić information content (AvgIpc) is 2.57. The first-order valence-electron chi connectivity index (χ1n) is 7.08. The van der Waals surface area contributed by atoms with Gasteiger partial charge in [-0.25, -0.2) is 4.39 Å². The van der Waals surface area contributed by atoms with Gasteiger partial charge in [-0.1, -0.05) is 18.2 Å². The van der Waals surface area contributed by atoms with Crippen LogP contribution in [-0.4, -0.2) is 21.5 Å². The van der Waals surface area contributed by atoms with Gasteiger partial charge in [0.1, 0.15) is 11.9 Å². The van der Waals surface area contributed by atoms with Crippen LogP contribution >= 0.6 is 0 Å². The number of hydrogen-bond donors (Lipinski definition) is 4. The number of allylic oxidation sites excluding steroid dienone is 2. The predicted molar refractivity (Wildman–Crippen MR) is 85.8 cm³/mol. The molecule has 0 aromatic heterocycles. The van der Waals surface area contributed by atoms with Crippen molar-refractivity contribution in [1.82, 2.24) is 5.32 Å². The van der Waals surface area contributed by atoms with Crippen molar-refractivity contribution >= 4 is 11.3 Å². The largest absolute Gasteiger partial charge is 0.504 e. The number of nitriles is 1. The topological polar surface area (TPSA) is 96.5 Å². The number of halogens is 1. The van der Waals surface area contributed by atoms with E-state index in [1.54, 1.807) is 18.2 Å². The van der Waals surface area contributed by atoms with E-state index < -0.39 is 6.23 Å². The van der Waals surface area contributed by atoms with Gasteiger partial charge in [-0.3, -0.25) is 0 Å². The molecule has 1 unspecified atom stereocenters. The van der Waals surface area contributed by atoms with Gasteiger partial charge in [0.05, 0.1) is 5.57 Å². The number of phenolic OH excluding ortho intramolecular Hbond substituents is 2. The summed E-state index contributed by atoms with van der Waals surface area (Å²) in [5, 5.41) is 41.4. The van der Waals surface area contributed by atoms with Crippen LogP contribution in [0.1, 0.15) is 11.1 Å². The Kier molecular flexibility index (Phi) is 3.94. The molecule has 0 spiro atoms. The Labute approximate surface area is 137 Å². The van der Waals surface area contributed by atoms with Gasteiger partial charge in [-0.05, 0) is 41.5 Å². The molecule has 0 aliphatic carbocycles. The quantitative estimate of drug-likeness (QED) is 0.637. The Balaban J connectivity index is 2.13. The molecular formula is C18H13FN2O3. The van der Waals surface area contributed by atoms with E-state index in [0.717, 1.165) is 0 Å². The molecule has 0 amide bonds. The summed E-state index contributed by atoms with van der Waals surface area (Å²) in [6.07, 6.45) is 0.385. The van der Waals surface area contributed by atoms with E-state index >= 15 is 0 Å². The first-order chi connectivity index (χ1) is 11.5. The van der Waals surface area contributed by atoms with E-state index in [2.05, 4.69) is 5.32 Å². The van der Waals surface area contributed by atoms with E-state index in [-0.39, 0.29) is 22.9 Å². The first-order valence-corrected chi connectivity index (χ1v) is 7.08. The molecule has 0 fully saturated rings. The fraction of sp³-hybridized carbons (Fsp3) is 0.0556. The summed E-state index contributed by atoms with van der Waals surface area (Å²) < 4.78 is 13.1. The fourth-order valence-corrected chi connectivity index (χ4v) is 2.48.